The molecule has 0 saturated heterocycles. The third-order valence-electron chi connectivity index (χ3n) is 4.75. The van der Waals surface area contributed by atoms with Crippen LogP contribution in [-0.2, 0) is 17.8 Å². The van der Waals surface area contributed by atoms with Gasteiger partial charge in [0.1, 0.15) is 11.5 Å². The molecule has 142 valence electrons. The number of benzene rings is 2. The van der Waals surface area contributed by atoms with E-state index in [0.29, 0.717) is 30.0 Å². The van der Waals surface area contributed by atoms with Gasteiger partial charge in [0.2, 0.25) is 5.91 Å². The van der Waals surface area contributed by atoms with Crippen molar-refractivity contribution in [2.45, 2.75) is 26.3 Å². The van der Waals surface area contributed by atoms with Gasteiger partial charge in [-0.25, -0.2) is 0 Å². The molecule has 0 atom stereocenters. The summed E-state index contributed by atoms with van der Waals surface area (Å²) in [6.07, 6.45) is 1.34. The molecule has 0 saturated carbocycles. The van der Waals surface area contributed by atoms with Gasteiger partial charge in [0.25, 0.3) is 5.91 Å². The van der Waals surface area contributed by atoms with Crippen molar-refractivity contribution in [3.63, 3.8) is 0 Å². The summed E-state index contributed by atoms with van der Waals surface area (Å²) in [5, 5.41) is 2.92. The van der Waals surface area contributed by atoms with Gasteiger partial charge < -0.3 is 19.7 Å². The molecule has 0 unspecified atom stereocenters. The van der Waals surface area contributed by atoms with Crippen LogP contribution in [0.25, 0.3) is 0 Å². The predicted octanol–water partition coefficient (Wildman–Crippen LogP) is 2.93. The van der Waals surface area contributed by atoms with Gasteiger partial charge >= 0.3 is 0 Å². The molecule has 2 amide bonds. The lowest BCUT2D eigenvalue weighted by atomic mass is 10.1. The van der Waals surface area contributed by atoms with Gasteiger partial charge in [-0.15, -0.1) is 0 Å². The maximum atomic E-state index is 12.5. The van der Waals surface area contributed by atoms with Crippen molar-refractivity contribution in [1.82, 2.24) is 5.32 Å². The zero-order valence-corrected chi connectivity index (χ0v) is 15.9. The van der Waals surface area contributed by atoms with Crippen molar-refractivity contribution in [2.75, 3.05) is 25.7 Å². The second kappa shape index (κ2) is 8.12. The van der Waals surface area contributed by atoms with Crippen LogP contribution >= 0.6 is 0 Å². The fourth-order valence-electron chi connectivity index (χ4n) is 3.28. The summed E-state index contributed by atoms with van der Waals surface area (Å²) < 4.78 is 10.4. The maximum Gasteiger partial charge on any atom is 0.255 e. The van der Waals surface area contributed by atoms with Crippen LogP contribution in [0.3, 0.4) is 0 Å². The molecule has 1 aliphatic heterocycles. The first-order valence-electron chi connectivity index (χ1n) is 8.99. The van der Waals surface area contributed by atoms with Gasteiger partial charge in [-0.1, -0.05) is 19.1 Å². The normalized spacial score (nSPS) is 12.5. The topological polar surface area (TPSA) is 67.9 Å². The van der Waals surface area contributed by atoms with Crippen molar-refractivity contribution in [2.24, 2.45) is 0 Å². The van der Waals surface area contributed by atoms with E-state index in [2.05, 4.69) is 11.4 Å². The second-order valence-corrected chi connectivity index (χ2v) is 6.36. The zero-order valence-electron chi connectivity index (χ0n) is 15.9. The van der Waals surface area contributed by atoms with Crippen molar-refractivity contribution >= 4 is 17.5 Å². The van der Waals surface area contributed by atoms with E-state index in [4.69, 9.17) is 9.47 Å². The van der Waals surface area contributed by atoms with Gasteiger partial charge in [0.15, 0.2) is 0 Å². The number of rotatable bonds is 6. The smallest absolute Gasteiger partial charge is 0.255 e. The first-order valence-corrected chi connectivity index (χ1v) is 8.99. The van der Waals surface area contributed by atoms with E-state index in [9.17, 15) is 9.59 Å². The molecule has 1 heterocycles. The standard InChI is InChI=1S/C21H24N2O4/c1-4-20(24)23-10-9-15-11-14(5-8-18(15)23)13-22-21(25)17-7-6-16(26-2)12-19(17)27-3/h5-8,11-12H,4,9-10,13H2,1-3H3,(H,22,25). The Morgan fingerprint density at radius 1 is 1.11 bits per heavy atom. The Balaban J connectivity index is 1.69. The summed E-state index contributed by atoms with van der Waals surface area (Å²) in [5.74, 6) is 1.03. The Morgan fingerprint density at radius 3 is 2.63 bits per heavy atom. The number of amides is 2. The number of carbonyl (C=O) groups is 2. The number of fused-ring (bicyclic) bond motifs is 1. The van der Waals surface area contributed by atoms with Gasteiger partial charge in [0.05, 0.1) is 19.8 Å². The monoisotopic (exact) mass is 368 g/mol. The fourth-order valence-corrected chi connectivity index (χ4v) is 3.28. The molecule has 0 radical (unpaired) electrons. The molecule has 0 aromatic heterocycles. The Labute approximate surface area is 159 Å². The molecule has 2 aromatic rings. The lowest BCUT2D eigenvalue weighted by Gasteiger charge is -2.16. The molecule has 1 aliphatic rings. The highest BCUT2D eigenvalue weighted by molar-refractivity contribution is 5.97. The Hall–Kier alpha value is -3.02. The fraction of sp³-hybridized carbons (Fsp3) is 0.333. The van der Waals surface area contributed by atoms with Crippen LogP contribution in [0, 0.1) is 0 Å². The number of methoxy groups -OCH3 is 2. The summed E-state index contributed by atoms with van der Waals surface area (Å²) in [7, 11) is 3.09. The first kappa shape index (κ1) is 18.8. The van der Waals surface area contributed by atoms with Crippen LogP contribution in [0.5, 0.6) is 11.5 Å². The van der Waals surface area contributed by atoms with Crippen molar-refractivity contribution in [3.05, 3.63) is 53.1 Å². The quantitative estimate of drug-likeness (QED) is 0.851. The minimum Gasteiger partial charge on any atom is -0.497 e. The second-order valence-electron chi connectivity index (χ2n) is 6.36. The van der Waals surface area contributed by atoms with E-state index >= 15 is 0 Å². The van der Waals surface area contributed by atoms with E-state index in [-0.39, 0.29) is 11.8 Å². The van der Waals surface area contributed by atoms with Gasteiger partial charge in [-0.2, -0.15) is 0 Å². The van der Waals surface area contributed by atoms with E-state index in [1.165, 1.54) is 7.11 Å². The molecule has 0 fully saturated rings. The zero-order chi connectivity index (χ0) is 19.4. The molecule has 0 spiro atoms. The van der Waals surface area contributed by atoms with Crippen LogP contribution < -0.4 is 19.7 Å². The summed E-state index contributed by atoms with van der Waals surface area (Å²) in [4.78, 5) is 26.3. The third-order valence-corrected chi connectivity index (χ3v) is 4.75. The molecule has 1 N–H and O–H groups in total. The number of hydrogen-bond acceptors (Lipinski definition) is 4. The summed E-state index contributed by atoms with van der Waals surface area (Å²) in [5.41, 5.74) is 3.58. The average molecular weight is 368 g/mol. The molecular formula is C21H24N2O4. The number of hydrogen-bond donors (Lipinski definition) is 1. The Bertz CT molecular complexity index is 863. The minimum atomic E-state index is -0.210. The molecule has 3 rings (SSSR count). The number of carbonyl (C=O) groups excluding carboxylic acids is 2. The van der Waals surface area contributed by atoms with Crippen molar-refractivity contribution in [3.8, 4) is 11.5 Å². The minimum absolute atomic E-state index is 0.140. The summed E-state index contributed by atoms with van der Waals surface area (Å²) in [6.45, 7) is 3.00. The van der Waals surface area contributed by atoms with E-state index in [0.717, 1.165) is 29.8 Å². The van der Waals surface area contributed by atoms with E-state index in [1.54, 1.807) is 25.3 Å². The summed E-state index contributed by atoms with van der Waals surface area (Å²) in [6, 6.07) is 11.1. The summed E-state index contributed by atoms with van der Waals surface area (Å²) >= 11 is 0. The number of nitrogens with zero attached hydrogens (tertiary/aromatic N) is 1. The largest absolute Gasteiger partial charge is 0.497 e. The highest BCUT2D eigenvalue weighted by atomic mass is 16.5. The molecule has 0 bridgehead atoms. The van der Waals surface area contributed by atoms with E-state index in [1.807, 2.05) is 24.0 Å². The highest BCUT2D eigenvalue weighted by Crippen LogP contribution is 2.29. The maximum absolute atomic E-state index is 12.5. The van der Waals surface area contributed by atoms with Crippen LogP contribution in [0.15, 0.2) is 36.4 Å². The van der Waals surface area contributed by atoms with Crippen molar-refractivity contribution in [1.29, 1.82) is 0 Å². The van der Waals surface area contributed by atoms with Crippen LogP contribution in [0.2, 0.25) is 0 Å². The van der Waals surface area contributed by atoms with Crippen LogP contribution in [-0.4, -0.2) is 32.6 Å². The Morgan fingerprint density at radius 2 is 1.93 bits per heavy atom. The molecule has 2 aromatic carbocycles. The Kier molecular flexibility index (Phi) is 5.64. The molecule has 6 nitrogen and oxygen atoms in total. The average Bonchev–Trinajstić information content (AvgIpc) is 3.14. The first-order chi connectivity index (χ1) is 13.1. The highest BCUT2D eigenvalue weighted by Gasteiger charge is 2.23. The lowest BCUT2D eigenvalue weighted by molar-refractivity contribution is -0.118. The lowest BCUT2D eigenvalue weighted by Crippen LogP contribution is -2.27. The van der Waals surface area contributed by atoms with Gasteiger partial charge in [-0.05, 0) is 35.7 Å². The number of anilines is 1. The molecule has 27 heavy (non-hydrogen) atoms. The predicted molar refractivity (Wildman–Crippen MR) is 104 cm³/mol. The van der Waals surface area contributed by atoms with Crippen molar-refractivity contribution < 1.29 is 19.1 Å². The number of nitrogens with one attached hydrogen (secondary N) is 1. The van der Waals surface area contributed by atoms with E-state index < -0.39 is 0 Å². The van der Waals surface area contributed by atoms with Gasteiger partial charge in [0, 0.05) is 31.3 Å². The third kappa shape index (κ3) is 3.89. The van der Waals surface area contributed by atoms with Gasteiger partial charge in [-0.3, -0.25) is 9.59 Å². The molecule has 6 heteroatoms. The van der Waals surface area contributed by atoms with Crippen LogP contribution in [0.4, 0.5) is 5.69 Å². The number of ether oxygens (including phenoxy) is 2. The molecular weight excluding hydrogens is 344 g/mol. The molecule has 0 aliphatic carbocycles. The SMILES string of the molecule is CCC(=O)N1CCc2cc(CNC(=O)c3ccc(OC)cc3OC)ccc21. The van der Waals surface area contributed by atoms with Crippen LogP contribution in [0.1, 0.15) is 34.8 Å².